The first-order valence-corrected chi connectivity index (χ1v) is 12.7. The van der Waals surface area contributed by atoms with E-state index in [0.717, 1.165) is 72.0 Å². The quantitative estimate of drug-likeness (QED) is 0.235. The van der Waals surface area contributed by atoms with E-state index in [1.165, 1.54) is 0 Å². The van der Waals surface area contributed by atoms with Crippen molar-refractivity contribution in [2.75, 3.05) is 0 Å². The zero-order valence-corrected chi connectivity index (χ0v) is 21.2. The lowest BCUT2D eigenvalue weighted by Crippen LogP contribution is -1.96. The molecule has 7 aromatic rings. The van der Waals surface area contributed by atoms with E-state index in [9.17, 15) is 0 Å². The Morgan fingerprint density at radius 2 is 1.21 bits per heavy atom. The van der Waals surface area contributed by atoms with Gasteiger partial charge in [0.25, 0.3) is 0 Å². The van der Waals surface area contributed by atoms with Crippen LogP contribution < -0.4 is 0 Å². The van der Waals surface area contributed by atoms with Crippen molar-refractivity contribution in [3.63, 3.8) is 0 Å². The minimum absolute atomic E-state index is 0.710. The predicted molar refractivity (Wildman–Crippen MR) is 156 cm³/mol. The van der Waals surface area contributed by atoms with E-state index in [1.54, 1.807) is 0 Å². The fourth-order valence-electron chi connectivity index (χ4n) is 5.18. The van der Waals surface area contributed by atoms with Crippen LogP contribution in [0, 0.1) is 13.8 Å². The van der Waals surface area contributed by atoms with Crippen LogP contribution in [0.5, 0.6) is 0 Å². The van der Waals surface area contributed by atoms with Crippen LogP contribution in [0.1, 0.15) is 11.4 Å². The van der Waals surface area contributed by atoms with Crippen LogP contribution in [0.3, 0.4) is 0 Å². The first-order chi connectivity index (χ1) is 18.6. The van der Waals surface area contributed by atoms with Gasteiger partial charge in [-0.15, -0.1) is 0 Å². The monoisotopic (exact) mass is 488 g/mol. The molecule has 0 radical (unpaired) electrons. The van der Waals surface area contributed by atoms with Gasteiger partial charge in [0.05, 0.1) is 22.2 Å². The van der Waals surface area contributed by atoms with Gasteiger partial charge in [-0.05, 0) is 49.2 Å². The van der Waals surface area contributed by atoms with Crippen molar-refractivity contribution in [1.82, 2.24) is 19.9 Å². The van der Waals surface area contributed by atoms with Crippen LogP contribution in [-0.2, 0) is 0 Å². The summed E-state index contributed by atoms with van der Waals surface area (Å²) in [5.74, 6) is 0.710. The second-order valence-corrected chi connectivity index (χ2v) is 9.66. The van der Waals surface area contributed by atoms with Crippen molar-refractivity contribution in [2.24, 2.45) is 0 Å². The maximum Gasteiger partial charge on any atom is 0.160 e. The third-order valence-electron chi connectivity index (χ3n) is 6.99. The average Bonchev–Trinajstić information content (AvgIpc) is 2.96. The molecule has 0 atom stereocenters. The molecule has 0 fully saturated rings. The molecule has 0 saturated carbocycles. The summed E-state index contributed by atoms with van der Waals surface area (Å²) in [5, 5.41) is 3.23. The van der Waals surface area contributed by atoms with Crippen molar-refractivity contribution in [2.45, 2.75) is 13.8 Å². The molecule has 4 aromatic carbocycles. The van der Waals surface area contributed by atoms with Gasteiger partial charge < -0.3 is 0 Å². The van der Waals surface area contributed by atoms with Crippen LogP contribution in [0.4, 0.5) is 0 Å². The van der Waals surface area contributed by atoms with E-state index >= 15 is 0 Å². The molecular formula is C34H24N4. The third kappa shape index (κ3) is 3.78. The van der Waals surface area contributed by atoms with Crippen LogP contribution in [0.15, 0.2) is 109 Å². The molecule has 0 spiro atoms. The lowest BCUT2D eigenvalue weighted by atomic mass is 9.97. The molecule has 0 aliphatic rings. The Hall–Kier alpha value is -4.96. The number of pyridine rings is 2. The highest BCUT2D eigenvalue weighted by atomic mass is 14.9. The number of rotatable bonds is 3. The maximum absolute atomic E-state index is 5.07. The van der Waals surface area contributed by atoms with Crippen molar-refractivity contribution in [1.29, 1.82) is 0 Å². The molecule has 0 bridgehead atoms. The second-order valence-electron chi connectivity index (χ2n) is 9.66. The number of nitrogens with zero attached hydrogens (tertiary/aromatic N) is 4. The largest absolute Gasteiger partial charge is 0.251 e. The number of aromatic nitrogens is 4. The van der Waals surface area contributed by atoms with Gasteiger partial charge in [0.2, 0.25) is 0 Å². The molecule has 0 aliphatic heterocycles. The first-order valence-electron chi connectivity index (χ1n) is 12.7. The number of aryl methyl sites for hydroxylation is 2. The highest BCUT2D eigenvalue weighted by molar-refractivity contribution is 6.08. The van der Waals surface area contributed by atoms with Gasteiger partial charge in [0.1, 0.15) is 0 Å². The fourth-order valence-corrected chi connectivity index (χ4v) is 5.18. The molecule has 0 unspecified atom stereocenters. The summed E-state index contributed by atoms with van der Waals surface area (Å²) in [7, 11) is 0. The topological polar surface area (TPSA) is 51.6 Å². The summed E-state index contributed by atoms with van der Waals surface area (Å²) >= 11 is 0. The van der Waals surface area contributed by atoms with E-state index < -0.39 is 0 Å². The number of hydrogen-bond donors (Lipinski definition) is 0. The summed E-state index contributed by atoms with van der Waals surface area (Å²) in [6.45, 7) is 4.06. The summed E-state index contributed by atoms with van der Waals surface area (Å²) in [6.07, 6.45) is 0. The molecule has 0 aliphatic carbocycles. The number of para-hydroxylation sites is 1. The molecule has 3 aromatic heterocycles. The SMILES string of the molecule is Cc1ccc2ccc3c(-c4cccc(-c5nc(-c6ccccc6)c6ccccc6n5)c4)cc(C)nc3c2n1. The molecule has 4 heteroatoms. The van der Waals surface area contributed by atoms with Crippen molar-refractivity contribution in [3.8, 4) is 33.8 Å². The molecule has 0 amide bonds. The smallest absolute Gasteiger partial charge is 0.160 e. The Morgan fingerprint density at radius 3 is 2.11 bits per heavy atom. The Morgan fingerprint density at radius 1 is 0.474 bits per heavy atom. The number of benzene rings is 4. The number of fused-ring (bicyclic) bond motifs is 4. The molecule has 180 valence electrons. The van der Waals surface area contributed by atoms with Crippen molar-refractivity contribution >= 4 is 32.7 Å². The molecular weight excluding hydrogens is 464 g/mol. The van der Waals surface area contributed by atoms with Crippen LogP contribution in [0.25, 0.3) is 66.5 Å². The van der Waals surface area contributed by atoms with Crippen molar-refractivity contribution < 1.29 is 0 Å². The lowest BCUT2D eigenvalue weighted by molar-refractivity contribution is 1.22. The van der Waals surface area contributed by atoms with Crippen LogP contribution >= 0.6 is 0 Å². The highest BCUT2D eigenvalue weighted by Crippen LogP contribution is 2.35. The Bertz CT molecular complexity index is 1990. The Kier molecular flexibility index (Phi) is 5.19. The number of hydrogen-bond acceptors (Lipinski definition) is 4. The van der Waals surface area contributed by atoms with Gasteiger partial charge in [-0.2, -0.15) is 0 Å². The van der Waals surface area contributed by atoms with Gasteiger partial charge in [-0.25, -0.2) is 9.97 Å². The third-order valence-corrected chi connectivity index (χ3v) is 6.99. The first kappa shape index (κ1) is 22.3. The molecule has 3 heterocycles. The summed E-state index contributed by atoms with van der Waals surface area (Å²) in [5.41, 5.74) is 9.97. The van der Waals surface area contributed by atoms with E-state index in [-0.39, 0.29) is 0 Å². The van der Waals surface area contributed by atoms with E-state index in [2.05, 4.69) is 72.8 Å². The molecule has 7 rings (SSSR count). The van der Waals surface area contributed by atoms with Crippen molar-refractivity contribution in [3.05, 3.63) is 121 Å². The normalized spacial score (nSPS) is 11.4. The summed E-state index contributed by atoms with van der Waals surface area (Å²) < 4.78 is 0. The van der Waals surface area contributed by atoms with Crippen LogP contribution in [0.2, 0.25) is 0 Å². The summed E-state index contributed by atoms with van der Waals surface area (Å²) in [6, 6.07) is 37.6. The van der Waals surface area contributed by atoms with Gasteiger partial charge in [0.15, 0.2) is 5.82 Å². The average molecular weight is 489 g/mol. The Labute approximate surface area is 220 Å². The zero-order valence-electron chi connectivity index (χ0n) is 21.2. The molecule has 0 N–H and O–H groups in total. The maximum atomic E-state index is 5.07. The Balaban J connectivity index is 1.43. The standard InChI is InChI=1S/C34H24N4/c1-21-15-16-24-17-18-27-29(19-22(2)36-33(27)32(24)35-21)25-11-8-12-26(20-25)34-37-30-14-7-6-13-28(30)31(38-34)23-9-4-3-5-10-23/h3-20H,1-2H3. The molecule has 4 nitrogen and oxygen atoms in total. The van der Waals surface area contributed by atoms with Gasteiger partial charge >= 0.3 is 0 Å². The minimum atomic E-state index is 0.710. The highest BCUT2D eigenvalue weighted by Gasteiger charge is 2.14. The fraction of sp³-hybridized carbons (Fsp3) is 0.0588. The van der Waals surface area contributed by atoms with E-state index in [1.807, 2.05) is 50.2 Å². The molecule has 0 saturated heterocycles. The minimum Gasteiger partial charge on any atom is -0.251 e. The van der Waals surface area contributed by atoms with Gasteiger partial charge in [-0.1, -0.05) is 84.9 Å². The lowest BCUT2D eigenvalue weighted by Gasteiger charge is -2.13. The van der Waals surface area contributed by atoms with Crippen LogP contribution in [-0.4, -0.2) is 19.9 Å². The zero-order chi connectivity index (χ0) is 25.6. The van der Waals surface area contributed by atoms with E-state index in [0.29, 0.717) is 5.82 Å². The van der Waals surface area contributed by atoms with Gasteiger partial charge in [-0.3, -0.25) is 9.97 Å². The second kappa shape index (κ2) is 8.86. The van der Waals surface area contributed by atoms with Gasteiger partial charge in [0, 0.05) is 38.7 Å². The van der Waals surface area contributed by atoms with E-state index in [4.69, 9.17) is 19.9 Å². The molecule has 38 heavy (non-hydrogen) atoms. The predicted octanol–water partition coefficient (Wildman–Crippen LogP) is 8.34. The summed E-state index contributed by atoms with van der Waals surface area (Å²) in [4.78, 5) is 19.8.